The molecule has 2 heterocycles. The maximum atomic E-state index is 8.54. The Balaban J connectivity index is 2.08. The molecule has 1 aliphatic heterocycles. The van der Waals surface area contributed by atoms with Crippen LogP contribution in [-0.2, 0) is 10.3 Å². The maximum absolute atomic E-state index is 8.54. The first-order valence-corrected chi connectivity index (χ1v) is 6.01. The fourth-order valence-electron chi connectivity index (χ4n) is 2.01. The highest BCUT2D eigenvalue weighted by Crippen LogP contribution is 2.34. The van der Waals surface area contributed by atoms with Crippen LogP contribution >= 0.6 is 0 Å². The van der Waals surface area contributed by atoms with Gasteiger partial charge < -0.3 is 9.26 Å². The number of nitrogens with zero attached hydrogens (tertiary/aromatic N) is 3. The van der Waals surface area contributed by atoms with Crippen molar-refractivity contribution in [3.63, 3.8) is 0 Å². The minimum absolute atomic E-state index is 0.126. The lowest BCUT2D eigenvalue weighted by molar-refractivity contribution is 0.00768. The van der Waals surface area contributed by atoms with E-state index < -0.39 is 5.60 Å². The second-order valence-electron chi connectivity index (χ2n) is 4.74. The van der Waals surface area contributed by atoms with E-state index >= 15 is 0 Å². The van der Waals surface area contributed by atoms with Crippen molar-refractivity contribution in [2.24, 2.45) is 0 Å². The summed E-state index contributed by atoms with van der Waals surface area (Å²) < 4.78 is 10.9. The highest BCUT2D eigenvalue weighted by atomic mass is 16.5. The summed E-state index contributed by atoms with van der Waals surface area (Å²) >= 11 is 0. The van der Waals surface area contributed by atoms with Gasteiger partial charge in [-0.05, 0) is 26.2 Å². The number of nitriles is 1. The Hall–Kier alpha value is -1.41. The third-order valence-corrected chi connectivity index (χ3v) is 3.24. The Kier molecular flexibility index (Phi) is 3.43. The molecule has 1 saturated heterocycles. The summed E-state index contributed by atoms with van der Waals surface area (Å²) in [7, 11) is 0. The van der Waals surface area contributed by atoms with Gasteiger partial charge >= 0.3 is 0 Å². The lowest BCUT2D eigenvalue weighted by Crippen LogP contribution is -2.21. The molecular weight excluding hydrogens is 218 g/mol. The fraction of sp³-hybridized carbons (Fsp3) is 0.750. The molecule has 0 saturated carbocycles. The van der Waals surface area contributed by atoms with E-state index in [2.05, 4.69) is 16.2 Å². The Morgan fingerprint density at radius 2 is 2.41 bits per heavy atom. The van der Waals surface area contributed by atoms with Crippen LogP contribution in [0, 0.1) is 11.3 Å². The van der Waals surface area contributed by atoms with Crippen molar-refractivity contribution in [1.29, 1.82) is 5.26 Å². The zero-order valence-corrected chi connectivity index (χ0v) is 10.3. The van der Waals surface area contributed by atoms with Crippen LogP contribution < -0.4 is 0 Å². The van der Waals surface area contributed by atoms with Gasteiger partial charge in [0.25, 0.3) is 0 Å². The predicted molar refractivity (Wildman–Crippen MR) is 60.1 cm³/mol. The first-order chi connectivity index (χ1) is 8.15. The van der Waals surface area contributed by atoms with Crippen LogP contribution in [0.25, 0.3) is 0 Å². The molecule has 0 bridgehead atoms. The molecule has 0 N–H and O–H groups in total. The van der Waals surface area contributed by atoms with Crippen molar-refractivity contribution in [3.8, 4) is 6.07 Å². The maximum Gasteiger partial charge on any atom is 0.229 e. The lowest BCUT2D eigenvalue weighted by atomic mass is 10.0. The van der Waals surface area contributed by atoms with E-state index in [1.54, 1.807) is 0 Å². The molecule has 92 valence electrons. The van der Waals surface area contributed by atoms with Gasteiger partial charge in [-0.2, -0.15) is 10.2 Å². The van der Waals surface area contributed by atoms with Gasteiger partial charge in [0.2, 0.25) is 11.7 Å². The summed E-state index contributed by atoms with van der Waals surface area (Å²) in [5.74, 6) is 1.36. The summed E-state index contributed by atoms with van der Waals surface area (Å²) in [6, 6.07) is 2.12. The average molecular weight is 235 g/mol. The zero-order chi connectivity index (χ0) is 12.3. The minimum atomic E-state index is -0.392. The molecule has 2 unspecified atom stereocenters. The number of aromatic nitrogens is 2. The third kappa shape index (κ3) is 2.47. The minimum Gasteiger partial charge on any atom is -0.367 e. The van der Waals surface area contributed by atoms with E-state index in [-0.39, 0.29) is 5.92 Å². The first kappa shape index (κ1) is 12.1. The van der Waals surface area contributed by atoms with Crippen LogP contribution in [0.1, 0.15) is 57.2 Å². The zero-order valence-electron chi connectivity index (χ0n) is 10.3. The van der Waals surface area contributed by atoms with Gasteiger partial charge in [0, 0.05) is 18.9 Å². The van der Waals surface area contributed by atoms with Crippen LogP contribution in [0.5, 0.6) is 0 Å². The lowest BCUT2D eigenvalue weighted by Gasteiger charge is -2.17. The molecule has 5 nitrogen and oxygen atoms in total. The number of hydrogen-bond donors (Lipinski definition) is 0. The topological polar surface area (TPSA) is 71.9 Å². The van der Waals surface area contributed by atoms with Crippen LogP contribution in [0.4, 0.5) is 0 Å². The van der Waals surface area contributed by atoms with Crippen LogP contribution in [-0.4, -0.2) is 16.7 Å². The van der Waals surface area contributed by atoms with E-state index in [4.69, 9.17) is 14.5 Å². The third-order valence-electron chi connectivity index (χ3n) is 3.24. The van der Waals surface area contributed by atoms with Crippen LogP contribution in [0.15, 0.2) is 4.52 Å². The number of rotatable bonds is 4. The molecule has 0 aliphatic carbocycles. The number of ether oxygens (including phenoxy) is 1. The summed E-state index contributed by atoms with van der Waals surface area (Å²) in [5, 5.41) is 12.5. The van der Waals surface area contributed by atoms with Crippen molar-refractivity contribution in [1.82, 2.24) is 10.1 Å². The highest BCUT2D eigenvalue weighted by molar-refractivity contribution is 5.03. The SMILES string of the molecule is CC(CCC#N)c1nc(C2(C)CCCO2)no1. The predicted octanol–water partition coefficient (Wildman–Crippen LogP) is 2.50. The van der Waals surface area contributed by atoms with E-state index in [1.807, 2.05) is 13.8 Å². The summed E-state index contributed by atoms with van der Waals surface area (Å²) in [5.41, 5.74) is -0.392. The highest BCUT2D eigenvalue weighted by Gasteiger charge is 2.36. The molecule has 2 rings (SSSR count). The average Bonchev–Trinajstić information content (AvgIpc) is 2.95. The summed E-state index contributed by atoms with van der Waals surface area (Å²) in [6.07, 6.45) is 3.21. The number of hydrogen-bond acceptors (Lipinski definition) is 5. The molecular formula is C12H17N3O2. The molecule has 1 aromatic heterocycles. The van der Waals surface area contributed by atoms with Gasteiger partial charge in [-0.1, -0.05) is 12.1 Å². The van der Waals surface area contributed by atoms with E-state index in [0.29, 0.717) is 18.1 Å². The first-order valence-electron chi connectivity index (χ1n) is 6.01. The van der Waals surface area contributed by atoms with Crippen molar-refractivity contribution in [2.75, 3.05) is 6.61 Å². The molecule has 0 aromatic carbocycles. The van der Waals surface area contributed by atoms with Gasteiger partial charge in [-0.25, -0.2) is 0 Å². The normalized spacial score (nSPS) is 25.7. The molecule has 0 radical (unpaired) electrons. The fourth-order valence-corrected chi connectivity index (χ4v) is 2.01. The van der Waals surface area contributed by atoms with Crippen LogP contribution in [0.3, 0.4) is 0 Å². The van der Waals surface area contributed by atoms with Gasteiger partial charge in [-0.15, -0.1) is 0 Å². The molecule has 5 heteroatoms. The molecule has 2 atom stereocenters. The molecule has 17 heavy (non-hydrogen) atoms. The quantitative estimate of drug-likeness (QED) is 0.801. The summed E-state index contributed by atoms with van der Waals surface area (Å²) in [6.45, 7) is 4.74. The Morgan fingerprint density at radius 1 is 1.59 bits per heavy atom. The van der Waals surface area contributed by atoms with Crippen molar-refractivity contribution < 1.29 is 9.26 Å². The molecule has 0 spiro atoms. The Labute approximate surface area is 101 Å². The standard InChI is InChI=1S/C12H17N3O2/c1-9(5-3-7-13)10-14-11(15-17-10)12(2)6-4-8-16-12/h9H,3-6,8H2,1-2H3. The largest absolute Gasteiger partial charge is 0.367 e. The Morgan fingerprint density at radius 3 is 3.06 bits per heavy atom. The molecule has 1 fully saturated rings. The second-order valence-corrected chi connectivity index (χ2v) is 4.74. The van der Waals surface area contributed by atoms with Gasteiger partial charge in [-0.3, -0.25) is 0 Å². The smallest absolute Gasteiger partial charge is 0.229 e. The van der Waals surface area contributed by atoms with Crippen molar-refractivity contribution in [3.05, 3.63) is 11.7 Å². The van der Waals surface area contributed by atoms with Crippen LogP contribution in [0.2, 0.25) is 0 Å². The Bertz CT molecular complexity index is 416. The molecule has 1 aromatic rings. The van der Waals surface area contributed by atoms with Gasteiger partial charge in [0.15, 0.2) is 0 Å². The van der Waals surface area contributed by atoms with Gasteiger partial charge in [0.05, 0.1) is 6.07 Å². The van der Waals surface area contributed by atoms with E-state index in [0.717, 1.165) is 25.9 Å². The van der Waals surface area contributed by atoms with Gasteiger partial charge in [0.1, 0.15) is 5.60 Å². The van der Waals surface area contributed by atoms with E-state index in [1.165, 1.54) is 0 Å². The van der Waals surface area contributed by atoms with Crippen molar-refractivity contribution in [2.45, 2.75) is 51.0 Å². The van der Waals surface area contributed by atoms with E-state index in [9.17, 15) is 0 Å². The monoisotopic (exact) mass is 235 g/mol. The summed E-state index contributed by atoms with van der Waals surface area (Å²) in [4.78, 5) is 4.40. The second kappa shape index (κ2) is 4.84. The molecule has 1 aliphatic rings. The van der Waals surface area contributed by atoms with Crippen molar-refractivity contribution >= 4 is 0 Å². The molecule has 0 amide bonds.